The van der Waals surface area contributed by atoms with Crippen LogP contribution in [0.3, 0.4) is 0 Å². The van der Waals surface area contributed by atoms with E-state index in [1.807, 2.05) is 24.3 Å². The molecule has 0 saturated carbocycles. The zero-order valence-corrected chi connectivity index (χ0v) is 14.5. The fourth-order valence-corrected chi connectivity index (χ4v) is 2.74. The van der Waals surface area contributed by atoms with Crippen molar-refractivity contribution in [2.24, 2.45) is 0 Å². The van der Waals surface area contributed by atoms with Gasteiger partial charge in [0.2, 0.25) is 0 Å². The van der Waals surface area contributed by atoms with Crippen LogP contribution >= 0.6 is 0 Å². The number of rotatable bonds is 4. The van der Waals surface area contributed by atoms with Gasteiger partial charge in [-0.25, -0.2) is 13.8 Å². The quantitative estimate of drug-likeness (QED) is 0.467. The molecule has 28 heavy (non-hydrogen) atoms. The SMILES string of the molecule is N#C/C(=C\c1ccc(Oc2ccccc2F)c(F)c1)c1nc2ccccc2[nH]1. The first-order valence-corrected chi connectivity index (χ1v) is 8.43. The monoisotopic (exact) mass is 373 g/mol. The Morgan fingerprint density at radius 3 is 2.46 bits per heavy atom. The molecule has 4 aromatic rings. The molecule has 136 valence electrons. The molecule has 0 atom stereocenters. The average molecular weight is 373 g/mol. The number of nitrogens with one attached hydrogen (secondary N) is 1. The predicted molar refractivity (Wildman–Crippen MR) is 102 cm³/mol. The second-order valence-corrected chi connectivity index (χ2v) is 5.99. The van der Waals surface area contributed by atoms with Crippen LogP contribution < -0.4 is 4.74 Å². The van der Waals surface area contributed by atoms with Gasteiger partial charge in [-0.2, -0.15) is 5.26 Å². The Bertz CT molecular complexity index is 1200. The average Bonchev–Trinajstić information content (AvgIpc) is 3.13. The maximum Gasteiger partial charge on any atom is 0.166 e. The summed E-state index contributed by atoms with van der Waals surface area (Å²) in [7, 11) is 0. The van der Waals surface area contributed by atoms with Crippen LogP contribution in [0.15, 0.2) is 66.7 Å². The maximum atomic E-state index is 14.4. The summed E-state index contributed by atoms with van der Waals surface area (Å²) in [4.78, 5) is 7.45. The Balaban J connectivity index is 1.64. The molecule has 4 nitrogen and oxygen atoms in total. The molecule has 0 unspecified atom stereocenters. The van der Waals surface area contributed by atoms with Gasteiger partial charge in [-0.15, -0.1) is 0 Å². The first-order chi connectivity index (χ1) is 13.6. The van der Waals surface area contributed by atoms with Crippen LogP contribution in [0.2, 0.25) is 0 Å². The molecule has 0 saturated heterocycles. The smallest absolute Gasteiger partial charge is 0.166 e. The Morgan fingerprint density at radius 1 is 0.964 bits per heavy atom. The van der Waals surface area contributed by atoms with E-state index in [-0.39, 0.29) is 17.1 Å². The van der Waals surface area contributed by atoms with Crippen molar-refractivity contribution in [1.82, 2.24) is 9.97 Å². The van der Waals surface area contributed by atoms with Crippen LogP contribution in [0, 0.1) is 23.0 Å². The molecule has 0 fully saturated rings. The third-order valence-electron chi connectivity index (χ3n) is 4.09. The number of para-hydroxylation sites is 3. The number of ether oxygens (including phenoxy) is 1. The second kappa shape index (κ2) is 7.33. The first-order valence-electron chi connectivity index (χ1n) is 8.43. The molecule has 0 aliphatic heterocycles. The molecule has 0 radical (unpaired) electrons. The zero-order chi connectivity index (χ0) is 19.5. The number of nitrogens with zero attached hydrogens (tertiary/aromatic N) is 2. The lowest BCUT2D eigenvalue weighted by Gasteiger charge is -2.08. The number of H-pyrrole nitrogens is 1. The lowest BCUT2D eigenvalue weighted by Crippen LogP contribution is -1.92. The summed E-state index contributed by atoms with van der Waals surface area (Å²) in [6.45, 7) is 0. The highest BCUT2D eigenvalue weighted by molar-refractivity contribution is 5.90. The summed E-state index contributed by atoms with van der Waals surface area (Å²) >= 11 is 0. The number of hydrogen-bond donors (Lipinski definition) is 1. The number of imidazole rings is 1. The Labute approximate surface area is 159 Å². The normalized spacial score (nSPS) is 11.4. The molecule has 1 heterocycles. The number of aromatic amines is 1. The van der Waals surface area contributed by atoms with Gasteiger partial charge in [0.25, 0.3) is 0 Å². The minimum absolute atomic E-state index is 0.0651. The van der Waals surface area contributed by atoms with E-state index in [0.29, 0.717) is 11.4 Å². The van der Waals surface area contributed by atoms with Crippen molar-refractivity contribution in [2.45, 2.75) is 0 Å². The van der Waals surface area contributed by atoms with Gasteiger partial charge in [0.05, 0.1) is 16.6 Å². The standard InChI is InChI=1S/C22H13F2N3O/c23-16-5-1-4-8-20(16)28-21-10-9-14(12-17(21)24)11-15(13-25)22-26-18-6-2-3-7-19(18)27-22/h1-12H,(H,26,27)/b15-11+. The summed E-state index contributed by atoms with van der Waals surface area (Å²) in [5.41, 5.74) is 2.26. The zero-order valence-electron chi connectivity index (χ0n) is 14.5. The fraction of sp³-hybridized carbons (Fsp3) is 0. The topological polar surface area (TPSA) is 61.7 Å². The highest BCUT2D eigenvalue weighted by Gasteiger charge is 2.11. The summed E-state index contributed by atoms with van der Waals surface area (Å²) in [6.07, 6.45) is 1.52. The number of aromatic nitrogens is 2. The summed E-state index contributed by atoms with van der Waals surface area (Å²) in [6, 6.07) is 19.4. The molecule has 6 heteroatoms. The van der Waals surface area contributed by atoms with Crippen molar-refractivity contribution in [3.8, 4) is 17.6 Å². The van der Waals surface area contributed by atoms with E-state index < -0.39 is 11.6 Å². The van der Waals surface area contributed by atoms with E-state index in [4.69, 9.17) is 4.74 Å². The van der Waals surface area contributed by atoms with Gasteiger partial charge < -0.3 is 9.72 Å². The van der Waals surface area contributed by atoms with Crippen LogP contribution in [0.5, 0.6) is 11.5 Å². The van der Waals surface area contributed by atoms with Crippen LogP contribution in [0.1, 0.15) is 11.4 Å². The van der Waals surface area contributed by atoms with Gasteiger partial charge in [0.1, 0.15) is 11.9 Å². The van der Waals surface area contributed by atoms with Gasteiger partial charge in [-0.05, 0) is 48.0 Å². The van der Waals surface area contributed by atoms with E-state index in [0.717, 1.165) is 11.0 Å². The van der Waals surface area contributed by atoms with Crippen molar-refractivity contribution < 1.29 is 13.5 Å². The molecule has 1 N–H and O–H groups in total. The van der Waals surface area contributed by atoms with Crippen molar-refractivity contribution >= 4 is 22.7 Å². The molecule has 4 rings (SSSR count). The molecular formula is C22H13F2N3O. The third kappa shape index (κ3) is 3.46. The van der Waals surface area contributed by atoms with Crippen molar-refractivity contribution in [3.63, 3.8) is 0 Å². The number of benzene rings is 3. The number of allylic oxidation sites excluding steroid dienone is 1. The molecule has 3 aromatic carbocycles. The number of halogens is 2. The van der Waals surface area contributed by atoms with Crippen LogP contribution in [-0.2, 0) is 0 Å². The number of hydrogen-bond acceptors (Lipinski definition) is 3. The van der Waals surface area contributed by atoms with Crippen molar-refractivity contribution in [2.75, 3.05) is 0 Å². The molecule has 0 spiro atoms. The van der Waals surface area contributed by atoms with E-state index in [1.54, 1.807) is 12.1 Å². The summed E-state index contributed by atoms with van der Waals surface area (Å²) < 4.78 is 33.4. The largest absolute Gasteiger partial charge is 0.451 e. The minimum Gasteiger partial charge on any atom is -0.451 e. The van der Waals surface area contributed by atoms with Crippen LogP contribution in [0.4, 0.5) is 8.78 Å². The van der Waals surface area contributed by atoms with E-state index in [9.17, 15) is 14.0 Å². The van der Waals surface area contributed by atoms with Crippen LogP contribution in [0.25, 0.3) is 22.7 Å². The third-order valence-corrected chi connectivity index (χ3v) is 4.09. The Morgan fingerprint density at radius 2 is 1.71 bits per heavy atom. The first kappa shape index (κ1) is 17.4. The molecular weight excluding hydrogens is 360 g/mol. The van der Waals surface area contributed by atoms with Crippen molar-refractivity contribution in [3.05, 3.63) is 89.8 Å². The number of fused-ring (bicyclic) bond motifs is 1. The molecule has 0 aliphatic rings. The highest BCUT2D eigenvalue weighted by atomic mass is 19.1. The molecule has 1 aromatic heterocycles. The lowest BCUT2D eigenvalue weighted by molar-refractivity contribution is 0.414. The fourth-order valence-electron chi connectivity index (χ4n) is 2.74. The highest BCUT2D eigenvalue weighted by Crippen LogP contribution is 2.28. The molecule has 0 bridgehead atoms. The van der Waals surface area contributed by atoms with Gasteiger partial charge in [-0.3, -0.25) is 0 Å². The van der Waals surface area contributed by atoms with E-state index >= 15 is 0 Å². The molecule has 0 amide bonds. The lowest BCUT2D eigenvalue weighted by atomic mass is 10.1. The number of nitriles is 1. The van der Waals surface area contributed by atoms with Gasteiger partial charge in [0.15, 0.2) is 23.1 Å². The summed E-state index contributed by atoms with van der Waals surface area (Å²) in [5.74, 6) is -1.02. The van der Waals surface area contributed by atoms with Gasteiger partial charge in [0, 0.05) is 0 Å². The molecule has 0 aliphatic carbocycles. The van der Waals surface area contributed by atoms with E-state index in [1.165, 1.54) is 36.4 Å². The second-order valence-electron chi connectivity index (χ2n) is 5.99. The van der Waals surface area contributed by atoms with Gasteiger partial charge >= 0.3 is 0 Å². The Kier molecular flexibility index (Phi) is 4.56. The van der Waals surface area contributed by atoms with Crippen molar-refractivity contribution in [1.29, 1.82) is 5.26 Å². The Hall–Kier alpha value is -3.98. The summed E-state index contributed by atoms with van der Waals surface area (Å²) in [5, 5.41) is 9.48. The minimum atomic E-state index is -0.668. The van der Waals surface area contributed by atoms with Crippen LogP contribution in [-0.4, -0.2) is 9.97 Å². The van der Waals surface area contributed by atoms with Gasteiger partial charge in [-0.1, -0.05) is 30.3 Å². The van der Waals surface area contributed by atoms with E-state index in [2.05, 4.69) is 16.0 Å². The maximum absolute atomic E-state index is 14.4. The predicted octanol–water partition coefficient (Wildman–Crippen LogP) is 5.70.